The first-order valence-electron chi connectivity index (χ1n) is 7.60. The van der Waals surface area contributed by atoms with E-state index in [1.54, 1.807) is 12.1 Å². The fourth-order valence-corrected chi connectivity index (χ4v) is 2.32. The van der Waals surface area contributed by atoms with Gasteiger partial charge < -0.3 is 11.1 Å². The van der Waals surface area contributed by atoms with Gasteiger partial charge in [0.2, 0.25) is 0 Å². The Hall–Kier alpha value is -3.03. The first-order chi connectivity index (χ1) is 11.9. The van der Waals surface area contributed by atoms with E-state index in [-0.39, 0.29) is 0 Å². The smallest absolute Gasteiger partial charge is 0.399 e. The highest BCUT2D eigenvalue weighted by molar-refractivity contribution is 5.60. The first kappa shape index (κ1) is 16.8. The summed E-state index contributed by atoms with van der Waals surface area (Å²) in [6.07, 6.45) is -3.77. The third kappa shape index (κ3) is 4.28. The largest absolute Gasteiger partial charge is 0.416 e. The lowest BCUT2D eigenvalue weighted by atomic mass is 10.2. The highest BCUT2D eigenvalue weighted by Crippen LogP contribution is 2.29. The SMILES string of the molecule is Nc1cccc(-c2n[nH]c(CCNc3ccc(C(F)(F)F)cc3)n2)c1. The van der Waals surface area contributed by atoms with Crippen molar-refractivity contribution in [3.8, 4) is 11.4 Å². The van der Waals surface area contributed by atoms with Gasteiger partial charge in [0.1, 0.15) is 5.82 Å². The number of hydrogen-bond acceptors (Lipinski definition) is 4. The minimum absolute atomic E-state index is 0.511. The predicted molar refractivity (Wildman–Crippen MR) is 89.9 cm³/mol. The molecule has 2 aromatic carbocycles. The minimum Gasteiger partial charge on any atom is -0.399 e. The van der Waals surface area contributed by atoms with Crippen LogP contribution in [0.5, 0.6) is 0 Å². The van der Waals surface area contributed by atoms with E-state index >= 15 is 0 Å². The van der Waals surface area contributed by atoms with Crippen LogP contribution in [0.1, 0.15) is 11.4 Å². The monoisotopic (exact) mass is 347 g/mol. The molecule has 0 fully saturated rings. The van der Waals surface area contributed by atoms with Crippen LogP contribution in [-0.2, 0) is 12.6 Å². The number of aromatic amines is 1. The van der Waals surface area contributed by atoms with E-state index in [0.717, 1.165) is 17.7 Å². The van der Waals surface area contributed by atoms with E-state index in [1.165, 1.54) is 12.1 Å². The highest BCUT2D eigenvalue weighted by Gasteiger charge is 2.29. The molecule has 25 heavy (non-hydrogen) atoms. The van der Waals surface area contributed by atoms with Crippen LogP contribution in [0, 0.1) is 0 Å². The number of benzene rings is 2. The summed E-state index contributed by atoms with van der Waals surface area (Å²) in [5.74, 6) is 1.23. The Bertz CT molecular complexity index is 840. The van der Waals surface area contributed by atoms with Gasteiger partial charge in [-0.25, -0.2) is 4.98 Å². The molecule has 0 saturated heterocycles. The number of halogens is 3. The van der Waals surface area contributed by atoms with E-state index in [1.807, 2.05) is 12.1 Å². The molecular weight excluding hydrogens is 331 g/mol. The van der Waals surface area contributed by atoms with E-state index in [4.69, 9.17) is 5.73 Å². The van der Waals surface area contributed by atoms with Crippen LogP contribution in [0.4, 0.5) is 24.5 Å². The molecule has 0 aliphatic heterocycles. The van der Waals surface area contributed by atoms with Gasteiger partial charge in [-0.3, -0.25) is 5.10 Å². The molecule has 3 rings (SSSR count). The van der Waals surface area contributed by atoms with E-state index in [0.29, 0.717) is 36.0 Å². The standard InChI is InChI=1S/C17H16F3N5/c18-17(19,20)12-4-6-14(7-5-12)22-9-8-15-23-16(25-24-15)11-2-1-3-13(21)10-11/h1-7,10,22H,8-9,21H2,(H,23,24,25). The summed E-state index contributed by atoms with van der Waals surface area (Å²) >= 11 is 0. The molecule has 0 aliphatic carbocycles. The van der Waals surface area contributed by atoms with E-state index < -0.39 is 11.7 Å². The number of nitrogens with one attached hydrogen (secondary N) is 2. The van der Waals surface area contributed by atoms with Crippen LogP contribution in [-0.4, -0.2) is 21.7 Å². The Balaban J connectivity index is 1.56. The van der Waals surface area contributed by atoms with Crippen molar-refractivity contribution >= 4 is 11.4 Å². The topological polar surface area (TPSA) is 79.6 Å². The average Bonchev–Trinajstić information content (AvgIpc) is 3.03. The molecule has 1 aromatic heterocycles. The Morgan fingerprint density at radius 2 is 1.84 bits per heavy atom. The van der Waals surface area contributed by atoms with Gasteiger partial charge in [-0.05, 0) is 36.4 Å². The molecule has 0 bridgehead atoms. The summed E-state index contributed by atoms with van der Waals surface area (Å²) in [5.41, 5.74) is 7.14. The van der Waals surface area contributed by atoms with Gasteiger partial charge in [-0.2, -0.15) is 18.3 Å². The van der Waals surface area contributed by atoms with Gasteiger partial charge in [0.25, 0.3) is 0 Å². The molecule has 130 valence electrons. The zero-order valence-electron chi connectivity index (χ0n) is 13.1. The van der Waals surface area contributed by atoms with Gasteiger partial charge in [0, 0.05) is 29.9 Å². The van der Waals surface area contributed by atoms with Gasteiger partial charge in [-0.15, -0.1) is 0 Å². The zero-order valence-corrected chi connectivity index (χ0v) is 13.1. The van der Waals surface area contributed by atoms with Crippen molar-refractivity contribution in [2.24, 2.45) is 0 Å². The van der Waals surface area contributed by atoms with Crippen molar-refractivity contribution < 1.29 is 13.2 Å². The summed E-state index contributed by atoms with van der Waals surface area (Å²) < 4.78 is 37.5. The van der Waals surface area contributed by atoms with Crippen LogP contribution in [0.25, 0.3) is 11.4 Å². The molecule has 8 heteroatoms. The van der Waals surface area contributed by atoms with Crippen LogP contribution in [0.15, 0.2) is 48.5 Å². The van der Waals surface area contributed by atoms with Crippen LogP contribution in [0.3, 0.4) is 0 Å². The fraction of sp³-hybridized carbons (Fsp3) is 0.176. The summed E-state index contributed by atoms with van der Waals surface area (Å²) in [6, 6.07) is 12.2. The molecule has 0 radical (unpaired) electrons. The van der Waals surface area contributed by atoms with Crippen molar-refractivity contribution in [3.63, 3.8) is 0 Å². The molecule has 0 unspecified atom stereocenters. The van der Waals surface area contributed by atoms with Crippen molar-refractivity contribution in [1.82, 2.24) is 15.2 Å². The number of nitrogens with zero attached hydrogens (tertiary/aromatic N) is 2. The van der Waals surface area contributed by atoms with Crippen LogP contribution >= 0.6 is 0 Å². The highest BCUT2D eigenvalue weighted by atomic mass is 19.4. The third-order valence-corrected chi connectivity index (χ3v) is 3.58. The quantitative estimate of drug-likeness (QED) is 0.615. The number of nitrogens with two attached hydrogens (primary N) is 1. The van der Waals surface area contributed by atoms with Gasteiger partial charge in [0.15, 0.2) is 5.82 Å². The lowest BCUT2D eigenvalue weighted by Crippen LogP contribution is -2.07. The zero-order chi connectivity index (χ0) is 17.9. The maximum Gasteiger partial charge on any atom is 0.416 e. The molecule has 0 atom stereocenters. The number of nitrogen functional groups attached to an aromatic ring is 1. The third-order valence-electron chi connectivity index (χ3n) is 3.58. The normalized spacial score (nSPS) is 11.5. The number of anilines is 2. The second kappa shape index (κ2) is 6.84. The van der Waals surface area contributed by atoms with Gasteiger partial charge in [0.05, 0.1) is 5.56 Å². The molecule has 0 saturated carbocycles. The predicted octanol–water partition coefficient (Wildman–Crippen LogP) is 3.73. The number of aromatic nitrogens is 3. The minimum atomic E-state index is -4.32. The van der Waals surface area contributed by atoms with Crippen molar-refractivity contribution in [2.45, 2.75) is 12.6 Å². The number of H-pyrrole nitrogens is 1. The van der Waals surface area contributed by atoms with Crippen molar-refractivity contribution in [3.05, 3.63) is 59.9 Å². The molecule has 4 N–H and O–H groups in total. The average molecular weight is 347 g/mol. The second-order valence-corrected chi connectivity index (χ2v) is 5.48. The number of alkyl halides is 3. The van der Waals surface area contributed by atoms with E-state index in [9.17, 15) is 13.2 Å². The molecule has 0 amide bonds. The lowest BCUT2D eigenvalue weighted by molar-refractivity contribution is -0.137. The fourth-order valence-electron chi connectivity index (χ4n) is 2.32. The van der Waals surface area contributed by atoms with Crippen LogP contribution < -0.4 is 11.1 Å². The molecule has 5 nitrogen and oxygen atoms in total. The Kier molecular flexibility index (Phi) is 4.60. The molecular formula is C17H16F3N5. The first-order valence-corrected chi connectivity index (χ1v) is 7.60. The summed E-state index contributed by atoms with van der Waals surface area (Å²) in [5, 5.41) is 10.1. The van der Waals surface area contributed by atoms with Crippen LogP contribution in [0.2, 0.25) is 0 Å². The second-order valence-electron chi connectivity index (χ2n) is 5.48. The summed E-state index contributed by atoms with van der Waals surface area (Å²) in [7, 11) is 0. The number of hydrogen-bond donors (Lipinski definition) is 3. The Morgan fingerprint density at radius 1 is 1.08 bits per heavy atom. The van der Waals surface area contributed by atoms with Crippen molar-refractivity contribution in [2.75, 3.05) is 17.6 Å². The number of rotatable bonds is 5. The lowest BCUT2D eigenvalue weighted by Gasteiger charge is -2.08. The molecule has 0 spiro atoms. The maximum atomic E-state index is 12.5. The summed E-state index contributed by atoms with van der Waals surface area (Å²) in [6.45, 7) is 0.511. The van der Waals surface area contributed by atoms with Gasteiger partial charge >= 0.3 is 6.18 Å². The summed E-state index contributed by atoms with van der Waals surface area (Å²) in [4.78, 5) is 4.39. The maximum absolute atomic E-state index is 12.5. The Morgan fingerprint density at radius 3 is 2.52 bits per heavy atom. The van der Waals surface area contributed by atoms with E-state index in [2.05, 4.69) is 20.5 Å². The molecule has 0 aliphatic rings. The van der Waals surface area contributed by atoms with Crippen molar-refractivity contribution in [1.29, 1.82) is 0 Å². The molecule has 3 aromatic rings. The molecule has 1 heterocycles. The van der Waals surface area contributed by atoms with Gasteiger partial charge in [-0.1, -0.05) is 12.1 Å². The Labute approximate surface area is 142 Å².